The van der Waals surface area contributed by atoms with E-state index >= 15 is 0 Å². The van der Waals surface area contributed by atoms with Crippen LogP contribution in [0.4, 0.5) is 48.3 Å². The van der Waals surface area contributed by atoms with Gasteiger partial charge in [-0.1, -0.05) is 34.8 Å². The fourth-order valence-electron chi connectivity index (χ4n) is 16.7. The Morgan fingerprint density at radius 3 is 1.13 bits per heavy atom. The maximum Gasteiger partial charge on any atom is 0.418 e. The fourth-order valence-corrected chi connectivity index (χ4v) is 17.5. The number of aromatic nitrogens is 4. The van der Waals surface area contributed by atoms with Crippen LogP contribution < -0.4 is 0 Å². The number of ketones is 4. The molecule has 4 N–H and O–H groups in total. The molecule has 2 saturated heterocycles. The van der Waals surface area contributed by atoms with Crippen LogP contribution in [-0.4, -0.2) is 148 Å². The Hall–Kier alpha value is -6.46. The zero-order valence-corrected chi connectivity index (χ0v) is 65.4. The molecule has 0 unspecified atom stereocenters. The van der Waals surface area contributed by atoms with Gasteiger partial charge in [-0.2, -0.15) is 13.2 Å². The highest BCUT2D eigenvalue weighted by atomic mass is 35.5. The first kappa shape index (κ1) is 87.4. The minimum Gasteiger partial charge on any atom is -0.396 e. The molecule has 0 spiro atoms. The van der Waals surface area contributed by atoms with Gasteiger partial charge in [0.1, 0.15) is 0 Å². The summed E-state index contributed by atoms with van der Waals surface area (Å²) in [6.45, 7) is 3.21. The standard InChI is InChI=1S/2C22H26ClF2NO3.C21H24F5NO3.C19H22ClF2NO2/c2*23-18-2-1-10-26-16(12-15-4-11-29-14-15)13-17(20(18)26)19(27)3-5-21(28)6-8-22(24,25)9-7-21;1-30-12-5-14-13-15(18-16(21(24,25)26)3-2-11-27(14)18)17(28)4-6-19(29)7-9-20(22,23)10-8-19;20-16-2-1-10-23-14(7-11-24)12-15(18(16)23)17(25)4-3-13-5-8-19(21,22)9-6-13/h2*1-2,10,13,15,28H,3-9,11-12,14H2;2-3,11,13,29H,4-10,12H2,1H3;1-2,10,12-13,24H,3-9,11H2/t2*15-;;/m10../s1. The van der Waals surface area contributed by atoms with Gasteiger partial charge in [0, 0.05) is 200 Å². The molecule has 0 aromatic carbocycles. The number of nitrogens with zero attached hydrogens (tertiary/aromatic N) is 4. The van der Waals surface area contributed by atoms with E-state index in [0.717, 1.165) is 75.3 Å². The number of pyridine rings is 4. The van der Waals surface area contributed by atoms with Crippen molar-refractivity contribution < 1.29 is 102 Å². The molecular formula is C84H98Cl3F11N4O11. The molecule has 2 atom stereocenters. The summed E-state index contributed by atoms with van der Waals surface area (Å²) < 4.78 is 171. The Balaban J connectivity index is 0.000000149. The molecule has 14 rings (SSSR count). The van der Waals surface area contributed by atoms with Crippen LogP contribution in [0.3, 0.4) is 0 Å². The van der Waals surface area contributed by atoms with Gasteiger partial charge in [0.15, 0.2) is 23.1 Å². The van der Waals surface area contributed by atoms with Crippen LogP contribution >= 0.6 is 34.8 Å². The second-order valence-electron chi connectivity index (χ2n) is 31.9. The van der Waals surface area contributed by atoms with Gasteiger partial charge in [0.25, 0.3) is 0 Å². The molecule has 10 heterocycles. The van der Waals surface area contributed by atoms with Crippen molar-refractivity contribution in [1.82, 2.24) is 17.6 Å². The highest BCUT2D eigenvalue weighted by molar-refractivity contribution is 6.36. The summed E-state index contributed by atoms with van der Waals surface area (Å²) in [5, 5.41) is 42.5. The van der Waals surface area contributed by atoms with Crippen molar-refractivity contribution in [3.05, 3.63) is 163 Å². The number of hydrogen-bond acceptors (Lipinski definition) is 11. The molecular weight excluding hydrogens is 1560 g/mol. The van der Waals surface area contributed by atoms with Gasteiger partial charge in [-0.15, -0.1) is 0 Å². The third-order valence-corrected chi connectivity index (χ3v) is 24.5. The quantitative estimate of drug-likeness (QED) is 0.0314. The van der Waals surface area contributed by atoms with Crippen LogP contribution in [0.1, 0.15) is 237 Å². The molecule has 0 bridgehead atoms. The van der Waals surface area contributed by atoms with Crippen LogP contribution in [0, 0.1) is 17.8 Å². The lowest BCUT2D eigenvalue weighted by Crippen LogP contribution is -2.38. The van der Waals surface area contributed by atoms with E-state index in [1.807, 2.05) is 56.1 Å². The zero-order valence-electron chi connectivity index (χ0n) is 63.2. The summed E-state index contributed by atoms with van der Waals surface area (Å²) in [4.78, 5) is 51.6. The second kappa shape index (κ2) is 36.6. The zero-order chi connectivity index (χ0) is 81.5. The summed E-state index contributed by atoms with van der Waals surface area (Å²) in [5.41, 5.74) is 1.96. The van der Waals surface area contributed by atoms with Crippen LogP contribution in [0.2, 0.25) is 15.1 Å². The second-order valence-corrected chi connectivity index (χ2v) is 33.1. The maximum absolute atomic E-state index is 13.6. The number of methoxy groups -OCH3 is 1. The third kappa shape index (κ3) is 22.2. The molecule has 4 aliphatic carbocycles. The Morgan fingerprint density at radius 1 is 0.451 bits per heavy atom. The van der Waals surface area contributed by atoms with E-state index in [1.54, 1.807) is 30.3 Å². The number of aliphatic hydroxyl groups is 4. The molecule has 4 saturated carbocycles. The van der Waals surface area contributed by atoms with Gasteiger partial charge in [-0.05, 0) is 193 Å². The lowest BCUT2D eigenvalue weighted by atomic mass is 9.79. The number of rotatable bonds is 25. The summed E-state index contributed by atoms with van der Waals surface area (Å²) in [5.74, 6) is -10.6. The third-order valence-electron chi connectivity index (χ3n) is 23.6. The Bertz CT molecular complexity index is 4470. The molecule has 0 amide bonds. The summed E-state index contributed by atoms with van der Waals surface area (Å²) in [6.07, 6.45) is 6.43. The van der Waals surface area contributed by atoms with Gasteiger partial charge in [-0.25, -0.2) is 35.1 Å². The Kier molecular flexibility index (Phi) is 28.3. The highest BCUT2D eigenvalue weighted by Crippen LogP contribution is 2.46. The largest absolute Gasteiger partial charge is 0.418 e. The van der Waals surface area contributed by atoms with Crippen LogP contribution in [0.25, 0.3) is 22.1 Å². The Labute approximate surface area is 663 Å². The molecule has 15 nitrogen and oxygen atoms in total. The number of carbonyl (C=O) groups is 4. The first-order valence-corrected chi connectivity index (χ1v) is 40.2. The van der Waals surface area contributed by atoms with Crippen molar-refractivity contribution in [3.8, 4) is 0 Å². The van der Waals surface area contributed by atoms with Gasteiger partial charge < -0.3 is 52.2 Å². The minimum absolute atomic E-state index is 0.0114. The molecule has 29 heteroatoms. The van der Waals surface area contributed by atoms with Crippen molar-refractivity contribution >= 4 is 80.0 Å². The van der Waals surface area contributed by atoms with Crippen LogP contribution in [-0.2, 0) is 46.1 Å². The van der Waals surface area contributed by atoms with E-state index < -0.39 is 70.9 Å². The lowest BCUT2D eigenvalue weighted by Gasteiger charge is -2.35. The molecule has 6 aliphatic rings. The molecule has 0 radical (unpaired) electrons. The smallest absolute Gasteiger partial charge is 0.396 e. The predicted octanol–water partition coefficient (Wildman–Crippen LogP) is 20.1. The van der Waals surface area contributed by atoms with Crippen molar-refractivity contribution in [2.45, 2.75) is 239 Å². The minimum atomic E-state index is -4.65. The predicted molar refractivity (Wildman–Crippen MR) is 408 cm³/mol. The monoisotopic (exact) mass is 1650 g/mol. The lowest BCUT2D eigenvalue weighted by molar-refractivity contribution is -0.136. The van der Waals surface area contributed by atoms with Crippen molar-refractivity contribution in [1.29, 1.82) is 0 Å². The van der Waals surface area contributed by atoms with Crippen molar-refractivity contribution in [2.24, 2.45) is 17.8 Å². The molecule has 6 fully saturated rings. The molecule has 8 aromatic rings. The number of ether oxygens (including phenoxy) is 3. The van der Waals surface area contributed by atoms with Gasteiger partial charge in [-0.3, -0.25) is 19.2 Å². The first-order valence-electron chi connectivity index (χ1n) is 39.0. The average molecular weight is 1660 g/mol. The van der Waals surface area contributed by atoms with Gasteiger partial charge in [0.05, 0.1) is 66.1 Å². The fraction of sp³-hybridized carbons (Fsp3) is 0.571. The van der Waals surface area contributed by atoms with E-state index in [0.29, 0.717) is 104 Å². The van der Waals surface area contributed by atoms with E-state index in [9.17, 15) is 87.9 Å². The van der Waals surface area contributed by atoms with Gasteiger partial charge in [0.2, 0.25) is 23.7 Å². The maximum atomic E-state index is 13.6. The van der Waals surface area contributed by atoms with E-state index in [4.69, 9.17) is 49.0 Å². The number of alkyl halides is 11. The summed E-state index contributed by atoms with van der Waals surface area (Å²) >= 11 is 19.1. The number of aliphatic hydroxyl groups excluding tert-OH is 1. The van der Waals surface area contributed by atoms with Crippen LogP contribution in [0.5, 0.6) is 0 Å². The van der Waals surface area contributed by atoms with Crippen molar-refractivity contribution in [3.63, 3.8) is 0 Å². The number of carbonyl (C=O) groups excluding carboxylic acids is 4. The number of hydrogen-bond donors (Lipinski definition) is 4. The molecule has 8 aromatic heterocycles. The number of halogens is 14. The Morgan fingerprint density at radius 2 is 0.779 bits per heavy atom. The van der Waals surface area contributed by atoms with Crippen molar-refractivity contribution in [2.75, 3.05) is 46.8 Å². The summed E-state index contributed by atoms with van der Waals surface area (Å²) in [6, 6.07) is 19.9. The normalized spacial score (nSPS) is 21.0. The van der Waals surface area contributed by atoms with E-state index in [1.165, 1.54) is 29.8 Å². The van der Waals surface area contributed by atoms with Crippen LogP contribution in [0.15, 0.2) is 97.6 Å². The first-order chi connectivity index (χ1) is 53.4. The molecule has 618 valence electrons. The molecule has 2 aliphatic heterocycles. The highest BCUT2D eigenvalue weighted by Gasteiger charge is 2.46. The summed E-state index contributed by atoms with van der Waals surface area (Å²) in [7, 11) is 1.47. The number of fused-ring (bicyclic) bond motifs is 4. The van der Waals surface area contributed by atoms with Gasteiger partial charge >= 0.3 is 6.18 Å². The molecule has 113 heavy (non-hydrogen) atoms. The van der Waals surface area contributed by atoms with E-state index in [2.05, 4.69) is 0 Å². The number of Topliss-reactive ketones (excluding diaryl/α,β-unsaturated/α-hetero) is 4. The van der Waals surface area contributed by atoms with E-state index in [-0.39, 0.29) is 163 Å². The topological polar surface area (TPSA) is 195 Å². The average Bonchev–Trinajstić information content (AvgIpc) is 1.64. The SMILES string of the molecule is COCCc1cc(C(=O)CCC2(O)CCC(F)(F)CC2)c2c(C(F)(F)F)cccn12.O=C(CCC1(O)CCC(F)(F)CC1)c1cc(C[C@@H]2CCOC2)n2cccc(Cl)c12.O=C(CCC1(O)CCC(F)(F)CC1)c1cc(C[C@H]2CCOC2)n2cccc(Cl)c12.O=C(CCC1CCC(F)(F)CC1)c1cc(CCO)n2cccc(Cl)c12.